The maximum absolute atomic E-state index is 10.5. The highest BCUT2D eigenvalue weighted by Gasteiger charge is 1.93. The second-order valence-corrected chi connectivity index (χ2v) is 2.13. The van der Waals surface area contributed by atoms with Crippen molar-refractivity contribution in [1.29, 1.82) is 0 Å². The first kappa shape index (κ1) is 9.38. The molecule has 0 aromatic carbocycles. The van der Waals surface area contributed by atoms with E-state index in [-0.39, 0.29) is 11.7 Å². The number of carbonyl (C=O) groups excluding carboxylic acids is 1. The molecule has 0 radical (unpaired) electrons. The summed E-state index contributed by atoms with van der Waals surface area (Å²) in [4.78, 5) is 10.5. The minimum absolute atomic E-state index is 0.0413. The maximum atomic E-state index is 10.5. The molecule has 3 heteroatoms. The first-order valence-electron chi connectivity index (χ1n) is 3.12. The summed E-state index contributed by atoms with van der Waals surface area (Å²) >= 11 is 3.79. The number of terminal acetylenes is 1. The lowest BCUT2D eigenvalue weighted by molar-refractivity contribution is -0.118. The minimum atomic E-state index is -0.0413. The molecule has 0 aromatic heterocycles. The predicted molar refractivity (Wildman–Crippen MR) is 44.9 cm³/mol. The number of hydrogen-bond acceptors (Lipinski definition) is 2. The maximum Gasteiger partial charge on any atom is 0.229 e. The lowest BCUT2D eigenvalue weighted by Crippen LogP contribution is -2.25. The van der Waals surface area contributed by atoms with Gasteiger partial charge in [0.1, 0.15) is 0 Å². The topological polar surface area (TPSA) is 29.1 Å². The molecule has 0 atom stereocenters. The van der Waals surface area contributed by atoms with Gasteiger partial charge in [0.15, 0.2) is 0 Å². The van der Waals surface area contributed by atoms with Gasteiger partial charge in [-0.15, -0.1) is 12.3 Å². The molecule has 0 saturated heterocycles. The number of amides is 1. The van der Waals surface area contributed by atoms with E-state index < -0.39 is 0 Å². The third kappa shape index (κ3) is 5.52. The molecule has 0 bridgehead atoms. The van der Waals surface area contributed by atoms with E-state index in [2.05, 4.69) is 23.9 Å². The fraction of sp³-hybridized carbons (Fsp3) is 0.571. The van der Waals surface area contributed by atoms with Crippen molar-refractivity contribution in [3.63, 3.8) is 0 Å². The van der Waals surface area contributed by atoms with Crippen LogP contribution < -0.4 is 5.32 Å². The Morgan fingerprint density at radius 2 is 2.40 bits per heavy atom. The predicted octanol–water partition coefficient (Wildman–Crippen LogP) is 0.446. The molecule has 1 amide bonds. The van der Waals surface area contributed by atoms with E-state index in [4.69, 9.17) is 6.42 Å². The number of unbranched alkanes of at least 4 members (excludes halogenated alkanes) is 1. The van der Waals surface area contributed by atoms with E-state index in [1.165, 1.54) is 0 Å². The van der Waals surface area contributed by atoms with Gasteiger partial charge in [0.25, 0.3) is 0 Å². The molecule has 0 spiro atoms. The molecular weight excluding hydrogens is 146 g/mol. The van der Waals surface area contributed by atoms with Crippen LogP contribution in [-0.4, -0.2) is 18.2 Å². The van der Waals surface area contributed by atoms with Gasteiger partial charge < -0.3 is 5.32 Å². The summed E-state index contributed by atoms with van der Waals surface area (Å²) in [6, 6.07) is 0. The Morgan fingerprint density at radius 1 is 1.70 bits per heavy atom. The Morgan fingerprint density at radius 3 is 2.90 bits per heavy atom. The first-order chi connectivity index (χ1) is 4.81. The van der Waals surface area contributed by atoms with Gasteiger partial charge in [-0.3, -0.25) is 4.79 Å². The van der Waals surface area contributed by atoms with Gasteiger partial charge in [-0.25, -0.2) is 0 Å². The van der Waals surface area contributed by atoms with Crippen LogP contribution in [0, 0.1) is 12.3 Å². The molecule has 0 heterocycles. The zero-order chi connectivity index (χ0) is 7.82. The third-order valence-corrected chi connectivity index (χ3v) is 1.25. The summed E-state index contributed by atoms with van der Waals surface area (Å²) in [6.07, 6.45) is 6.56. The van der Waals surface area contributed by atoms with Crippen molar-refractivity contribution in [2.24, 2.45) is 0 Å². The Bertz CT molecular complexity index is 139. The molecule has 0 fully saturated rings. The van der Waals surface area contributed by atoms with E-state index in [0.29, 0.717) is 13.0 Å². The van der Waals surface area contributed by atoms with Crippen molar-refractivity contribution >= 4 is 18.5 Å². The van der Waals surface area contributed by atoms with Crippen LogP contribution in [0.15, 0.2) is 0 Å². The van der Waals surface area contributed by atoms with Crippen LogP contribution in [0.4, 0.5) is 0 Å². The Balaban J connectivity index is 3.05. The van der Waals surface area contributed by atoms with E-state index >= 15 is 0 Å². The highest BCUT2D eigenvalue weighted by atomic mass is 32.1. The summed E-state index contributed by atoms with van der Waals surface area (Å²) in [5.41, 5.74) is 0. The Labute approximate surface area is 66.8 Å². The van der Waals surface area contributed by atoms with Crippen molar-refractivity contribution in [2.75, 3.05) is 12.3 Å². The number of rotatable bonds is 4. The van der Waals surface area contributed by atoms with Crippen LogP contribution in [0.2, 0.25) is 0 Å². The lowest BCUT2D eigenvalue weighted by atomic mass is 10.3. The summed E-state index contributed by atoms with van der Waals surface area (Å²) in [5.74, 6) is 2.69. The SMILES string of the molecule is C#CCCCNC(=O)CS. The van der Waals surface area contributed by atoms with Crippen molar-refractivity contribution in [3.8, 4) is 12.3 Å². The Kier molecular flexibility index (Phi) is 6.10. The van der Waals surface area contributed by atoms with Gasteiger partial charge in [-0.2, -0.15) is 12.6 Å². The third-order valence-electron chi connectivity index (χ3n) is 0.964. The molecule has 0 unspecified atom stereocenters. The van der Waals surface area contributed by atoms with Crippen molar-refractivity contribution in [2.45, 2.75) is 12.8 Å². The van der Waals surface area contributed by atoms with Crippen LogP contribution in [0.25, 0.3) is 0 Å². The molecular formula is C7H11NOS. The van der Waals surface area contributed by atoms with Crippen LogP contribution in [0.1, 0.15) is 12.8 Å². The van der Waals surface area contributed by atoms with E-state index in [1.807, 2.05) is 0 Å². The lowest BCUT2D eigenvalue weighted by Gasteiger charge is -1.98. The van der Waals surface area contributed by atoms with Crippen molar-refractivity contribution in [1.82, 2.24) is 5.32 Å². The molecule has 1 N–H and O–H groups in total. The molecule has 0 aliphatic rings. The average Bonchev–Trinajstić information content (AvgIpc) is 1.98. The van der Waals surface area contributed by atoms with E-state index in [1.54, 1.807) is 0 Å². The first-order valence-corrected chi connectivity index (χ1v) is 3.75. The molecule has 0 saturated carbocycles. The molecule has 10 heavy (non-hydrogen) atoms. The summed E-state index contributed by atoms with van der Waals surface area (Å²) in [7, 11) is 0. The smallest absolute Gasteiger partial charge is 0.229 e. The zero-order valence-electron chi connectivity index (χ0n) is 5.76. The second-order valence-electron chi connectivity index (χ2n) is 1.82. The summed E-state index contributed by atoms with van der Waals surface area (Å²) in [6.45, 7) is 0.656. The van der Waals surface area contributed by atoms with Gasteiger partial charge in [0.2, 0.25) is 5.91 Å². The number of carbonyl (C=O) groups is 1. The van der Waals surface area contributed by atoms with E-state index in [0.717, 1.165) is 6.42 Å². The minimum Gasteiger partial charge on any atom is -0.355 e. The largest absolute Gasteiger partial charge is 0.355 e. The molecule has 0 rings (SSSR count). The number of thiol groups is 1. The van der Waals surface area contributed by atoms with Crippen molar-refractivity contribution < 1.29 is 4.79 Å². The summed E-state index contributed by atoms with van der Waals surface area (Å²) in [5, 5.41) is 2.66. The highest BCUT2D eigenvalue weighted by molar-refractivity contribution is 7.81. The van der Waals surface area contributed by atoms with Gasteiger partial charge in [0, 0.05) is 13.0 Å². The standard InChI is InChI=1S/C7H11NOS/c1-2-3-4-5-8-7(9)6-10/h1,10H,3-6H2,(H,8,9). The van der Waals surface area contributed by atoms with Crippen LogP contribution in [-0.2, 0) is 4.79 Å². The van der Waals surface area contributed by atoms with Crippen molar-refractivity contribution in [3.05, 3.63) is 0 Å². The van der Waals surface area contributed by atoms with Crippen LogP contribution >= 0.6 is 12.6 Å². The van der Waals surface area contributed by atoms with Gasteiger partial charge in [-0.1, -0.05) is 0 Å². The highest BCUT2D eigenvalue weighted by Crippen LogP contribution is 1.82. The molecule has 56 valence electrons. The normalized spacial score (nSPS) is 8.40. The fourth-order valence-corrected chi connectivity index (χ4v) is 0.586. The summed E-state index contributed by atoms with van der Waals surface area (Å²) < 4.78 is 0. The van der Waals surface area contributed by atoms with Gasteiger partial charge in [0.05, 0.1) is 5.75 Å². The quantitative estimate of drug-likeness (QED) is 0.346. The molecule has 0 aliphatic carbocycles. The second kappa shape index (κ2) is 6.50. The molecule has 2 nitrogen and oxygen atoms in total. The monoisotopic (exact) mass is 157 g/mol. The van der Waals surface area contributed by atoms with Crippen LogP contribution in [0.3, 0.4) is 0 Å². The fourth-order valence-electron chi connectivity index (χ4n) is 0.474. The number of nitrogens with one attached hydrogen (secondary N) is 1. The molecule has 0 aromatic rings. The van der Waals surface area contributed by atoms with Crippen LogP contribution in [0.5, 0.6) is 0 Å². The van der Waals surface area contributed by atoms with E-state index in [9.17, 15) is 4.79 Å². The number of hydrogen-bond donors (Lipinski definition) is 2. The zero-order valence-corrected chi connectivity index (χ0v) is 6.66. The molecule has 0 aliphatic heterocycles. The van der Waals surface area contributed by atoms with Gasteiger partial charge >= 0.3 is 0 Å². The average molecular weight is 157 g/mol. The van der Waals surface area contributed by atoms with Gasteiger partial charge in [-0.05, 0) is 6.42 Å². The Hall–Kier alpha value is -0.620.